The van der Waals surface area contributed by atoms with Gasteiger partial charge in [-0.15, -0.1) is 0 Å². The summed E-state index contributed by atoms with van der Waals surface area (Å²) in [5, 5.41) is 4.77. The Kier molecular flexibility index (Phi) is 4.87. The fourth-order valence-electron chi connectivity index (χ4n) is 2.85. The number of rotatable bonds is 6. The first kappa shape index (κ1) is 15.1. The van der Waals surface area contributed by atoms with Crippen LogP contribution in [0.5, 0.6) is 0 Å². The molecule has 20 heavy (non-hydrogen) atoms. The summed E-state index contributed by atoms with van der Waals surface area (Å²) in [7, 11) is 0. The number of nitrogens with one attached hydrogen (secondary N) is 1. The second-order valence-corrected chi connectivity index (χ2v) is 5.86. The van der Waals surface area contributed by atoms with E-state index in [9.17, 15) is 0 Å². The molecule has 0 saturated carbocycles. The molecule has 1 aromatic heterocycles. The van der Waals surface area contributed by atoms with Gasteiger partial charge in [0.05, 0.1) is 6.54 Å². The van der Waals surface area contributed by atoms with Crippen LogP contribution in [0.25, 0.3) is 11.0 Å². The Labute approximate surface area is 122 Å². The fraction of sp³-hybridized carbons (Fsp3) is 0.556. The smallest absolute Gasteiger partial charge is 0.137 e. The molecular formula is C18H27NO. The Morgan fingerprint density at radius 3 is 2.55 bits per heavy atom. The molecule has 1 heterocycles. The molecule has 0 spiro atoms. The molecule has 0 amide bonds. The lowest BCUT2D eigenvalue weighted by Gasteiger charge is -2.10. The molecule has 110 valence electrons. The maximum Gasteiger partial charge on any atom is 0.137 e. The minimum atomic E-state index is 0.526. The number of hydrogen-bond donors (Lipinski definition) is 1. The van der Waals surface area contributed by atoms with Gasteiger partial charge in [0.2, 0.25) is 0 Å². The van der Waals surface area contributed by atoms with Gasteiger partial charge in [0, 0.05) is 10.9 Å². The molecule has 2 aromatic rings. The first-order valence-electron chi connectivity index (χ1n) is 7.84. The van der Waals surface area contributed by atoms with E-state index in [2.05, 4.69) is 52.1 Å². The molecule has 2 heteroatoms. The summed E-state index contributed by atoms with van der Waals surface area (Å²) < 4.78 is 6.21. The Morgan fingerprint density at radius 1 is 1.20 bits per heavy atom. The van der Waals surface area contributed by atoms with Crippen LogP contribution in [0.15, 0.2) is 16.5 Å². The molecule has 1 N–H and O–H groups in total. The lowest BCUT2D eigenvalue weighted by Crippen LogP contribution is -2.12. The van der Waals surface area contributed by atoms with Crippen LogP contribution in [0.2, 0.25) is 0 Å². The second kappa shape index (κ2) is 6.45. The quantitative estimate of drug-likeness (QED) is 0.807. The lowest BCUT2D eigenvalue weighted by atomic mass is 9.93. The Morgan fingerprint density at radius 2 is 1.95 bits per heavy atom. The molecule has 2 nitrogen and oxygen atoms in total. The third-order valence-electron chi connectivity index (χ3n) is 3.91. The van der Waals surface area contributed by atoms with E-state index in [1.807, 2.05) is 0 Å². The minimum Gasteiger partial charge on any atom is -0.459 e. The van der Waals surface area contributed by atoms with Crippen LogP contribution in [0, 0.1) is 6.92 Å². The molecule has 1 aromatic carbocycles. The van der Waals surface area contributed by atoms with E-state index in [-0.39, 0.29) is 0 Å². The van der Waals surface area contributed by atoms with Gasteiger partial charge in [-0.2, -0.15) is 0 Å². The highest BCUT2D eigenvalue weighted by molar-refractivity contribution is 5.88. The topological polar surface area (TPSA) is 25.2 Å². The number of aryl methyl sites for hydroxylation is 2. The van der Waals surface area contributed by atoms with Crippen molar-refractivity contribution in [1.29, 1.82) is 0 Å². The lowest BCUT2D eigenvalue weighted by molar-refractivity contribution is 0.511. The van der Waals surface area contributed by atoms with Gasteiger partial charge >= 0.3 is 0 Å². The van der Waals surface area contributed by atoms with Crippen LogP contribution in [-0.2, 0) is 13.0 Å². The number of fused-ring (bicyclic) bond motifs is 1. The average Bonchev–Trinajstić information content (AvgIpc) is 2.77. The van der Waals surface area contributed by atoms with Gasteiger partial charge in [0.1, 0.15) is 11.3 Å². The number of hydrogen-bond acceptors (Lipinski definition) is 2. The number of benzene rings is 1. The van der Waals surface area contributed by atoms with E-state index in [4.69, 9.17) is 4.42 Å². The number of furan rings is 1. The summed E-state index contributed by atoms with van der Waals surface area (Å²) in [4.78, 5) is 0. The maximum atomic E-state index is 6.21. The van der Waals surface area contributed by atoms with E-state index in [0.717, 1.165) is 37.3 Å². The second-order valence-electron chi connectivity index (χ2n) is 5.86. The van der Waals surface area contributed by atoms with Gasteiger partial charge in [-0.05, 0) is 36.9 Å². The van der Waals surface area contributed by atoms with Crippen molar-refractivity contribution in [2.75, 3.05) is 6.54 Å². The van der Waals surface area contributed by atoms with Crippen LogP contribution < -0.4 is 5.32 Å². The standard InChI is InChI=1S/C18H27NO/c1-6-8-15-16(11-19-7-2)20-18-13(5)9-10-14(12(3)4)17(15)18/h9-10,12,19H,6-8,11H2,1-5H3. The van der Waals surface area contributed by atoms with Crippen LogP contribution in [0.4, 0.5) is 0 Å². The van der Waals surface area contributed by atoms with Crippen LogP contribution in [0.3, 0.4) is 0 Å². The zero-order valence-corrected chi connectivity index (χ0v) is 13.5. The molecule has 0 bridgehead atoms. The summed E-state index contributed by atoms with van der Waals surface area (Å²) in [6.45, 7) is 12.8. The average molecular weight is 273 g/mol. The van der Waals surface area contributed by atoms with Gasteiger partial charge in [0.15, 0.2) is 0 Å². The molecule has 0 aliphatic heterocycles. The van der Waals surface area contributed by atoms with Gasteiger partial charge < -0.3 is 9.73 Å². The van der Waals surface area contributed by atoms with E-state index in [1.54, 1.807) is 0 Å². The van der Waals surface area contributed by atoms with E-state index in [0.29, 0.717) is 5.92 Å². The summed E-state index contributed by atoms with van der Waals surface area (Å²) in [6.07, 6.45) is 2.25. The summed E-state index contributed by atoms with van der Waals surface area (Å²) in [5.74, 6) is 1.65. The molecule has 0 aliphatic carbocycles. The molecule has 0 radical (unpaired) electrons. The van der Waals surface area contributed by atoms with Crippen molar-refractivity contribution in [1.82, 2.24) is 5.32 Å². The Hall–Kier alpha value is -1.28. The summed E-state index contributed by atoms with van der Waals surface area (Å²) in [5.41, 5.74) is 5.16. The minimum absolute atomic E-state index is 0.526. The van der Waals surface area contributed by atoms with Crippen molar-refractivity contribution >= 4 is 11.0 Å². The highest BCUT2D eigenvalue weighted by atomic mass is 16.3. The predicted molar refractivity (Wildman–Crippen MR) is 86.4 cm³/mol. The summed E-state index contributed by atoms with van der Waals surface area (Å²) in [6, 6.07) is 4.46. The molecular weight excluding hydrogens is 246 g/mol. The zero-order chi connectivity index (χ0) is 14.7. The van der Waals surface area contributed by atoms with Crippen LogP contribution in [-0.4, -0.2) is 6.54 Å². The van der Waals surface area contributed by atoms with Crippen molar-refractivity contribution in [2.45, 2.75) is 59.9 Å². The zero-order valence-electron chi connectivity index (χ0n) is 13.5. The van der Waals surface area contributed by atoms with Gasteiger partial charge in [-0.3, -0.25) is 0 Å². The van der Waals surface area contributed by atoms with E-state index < -0.39 is 0 Å². The Balaban J connectivity index is 2.66. The largest absolute Gasteiger partial charge is 0.459 e. The van der Waals surface area contributed by atoms with Crippen molar-refractivity contribution in [2.24, 2.45) is 0 Å². The normalized spacial score (nSPS) is 11.7. The SMILES string of the molecule is CCCc1c(CNCC)oc2c(C)ccc(C(C)C)c12. The first-order chi connectivity index (χ1) is 9.60. The van der Waals surface area contributed by atoms with E-state index in [1.165, 1.54) is 22.1 Å². The predicted octanol–water partition coefficient (Wildman–Crippen LogP) is 4.93. The molecule has 0 atom stereocenters. The Bertz CT molecular complexity index is 581. The van der Waals surface area contributed by atoms with Crippen molar-refractivity contribution in [3.63, 3.8) is 0 Å². The van der Waals surface area contributed by atoms with Crippen molar-refractivity contribution in [3.05, 3.63) is 34.6 Å². The first-order valence-corrected chi connectivity index (χ1v) is 7.84. The van der Waals surface area contributed by atoms with Gasteiger partial charge in [-0.25, -0.2) is 0 Å². The van der Waals surface area contributed by atoms with Crippen LogP contribution in [0.1, 0.15) is 62.5 Å². The molecule has 0 fully saturated rings. The van der Waals surface area contributed by atoms with E-state index >= 15 is 0 Å². The van der Waals surface area contributed by atoms with Gasteiger partial charge in [-0.1, -0.05) is 46.2 Å². The highest BCUT2D eigenvalue weighted by Gasteiger charge is 2.19. The maximum absolute atomic E-state index is 6.21. The monoisotopic (exact) mass is 273 g/mol. The third-order valence-corrected chi connectivity index (χ3v) is 3.91. The summed E-state index contributed by atoms with van der Waals surface area (Å²) >= 11 is 0. The third kappa shape index (κ3) is 2.76. The molecule has 0 saturated heterocycles. The molecule has 0 unspecified atom stereocenters. The fourth-order valence-corrected chi connectivity index (χ4v) is 2.85. The van der Waals surface area contributed by atoms with Gasteiger partial charge in [0.25, 0.3) is 0 Å². The highest BCUT2D eigenvalue weighted by Crippen LogP contribution is 2.35. The molecule has 0 aliphatic rings. The van der Waals surface area contributed by atoms with Crippen molar-refractivity contribution < 1.29 is 4.42 Å². The van der Waals surface area contributed by atoms with Crippen LogP contribution >= 0.6 is 0 Å². The van der Waals surface area contributed by atoms with Crippen molar-refractivity contribution in [3.8, 4) is 0 Å². The molecule has 2 rings (SSSR count).